The van der Waals surface area contributed by atoms with E-state index in [0.29, 0.717) is 11.3 Å². The van der Waals surface area contributed by atoms with Crippen LogP contribution in [0.2, 0.25) is 0 Å². The van der Waals surface area contributed by atoms with E-state index in [4.69, 9.17) is 4.42 Å². The Morgan fingerprint density at radius 3 is 2.76 bits per heavy atom. The SMILES string of the molecule is Cc1cc(/C=N/NC(=O)c2cc3cc(Br)ccc3o2)c(C)n1-c1ccccc1F. The number of amides is 1. The number of furan rings is 1. The summed E-state index contributed by atoms with van der Waals surface area (Å²) in [5.41, 5.74) is 6.02. The lowest BCUT2D eigenvalue weighted by Gasteiger charge is -2.10. The number of halogens is 2. The number of hydrogen-bond donors (Lipinski definition) is 1. The molecule has 146 valence electrons. The molecule has 4 rings (SSSR count). The van der Waals surface area contributed by atoms with Gasteiger partial charge in [0.25, 0.3) is 0 Å². The number of fused-ring (bicyclic) bond motifs is 1. The molecule has 0 saturated heterocycles. The van der Waals surface area contributed by atoms with Gasteiger partial charge in [-0.3, -0.25) is 4.79 Å². The zero-order valence-electron chi connectivity index (χ0n) is 15.7. The lowest BCUT2D eigenvalue weighted by molar-refractivity contribution is 0.0929. The molecule has 4 aromatic rings. The van der Waals surface area contributed by atoms with Crippen molar-refractivity contribution in [2.24, 2.45) is 5.10 Å². The van der Waals surface area contributed by atoms with Gasteiger partial charge in [-0.2, -0.15) is 5.10 Å². The third kappa shape index (κ3) is 3.73. The predicted octanol–water partition coefficient (Wildman–Crippen LogP) is 5.51. The number of hydrogen-bond acceptors (Lipinski definition) is 3. The summed E-state index contributed by atoms with van der Waals surface area (Å²) in [6.45, 7) is 3.77. The summed E-state index contributed by atoms with van der Waals surface area (Å²) < 4.78 is 22.4. The van der Waals surface area contributed by atoms with Gasteiger partial charge < -0.3 is 8.98 Å². The van der Waals surface area contributed by atoms with Gasteiger partial charge in [0.1, 0.15) is 11.4 Å². The highest BCUT2D eigenvalue weighted by atomic mass is 79.9. The fourth-order valence-corrected chi connectivity index (χ4v) is 3.64. The van der Waals surface area contributed by atoms with E-state index < -0.39 is 5.91 Å². The Balaban J connectivity index is 1.54. The predicted molar refractivity (Wildman–Crippen MR) is 114 cm³/mol. The maximum atomic E-state index is 14.2. The normalized spacial score (nSPS) is 11.4. The molecule has 0 spiro atoms. The molecule has 0 aliphatic rings. The number of nitrogens with zero attached hydrogens (tertiary/aromatic N) is 2. The van der Waals surface area contributed by atoms with Crippen LogP contribution < -0.4 is 5.43 Å². The standard InChI is InChI=1S/C22H17BrFN3O2/c1-13-9-16(14(2)27(13)19-6-4-3-5-18(19)24)12-25-26-22(28)21-11-15-10-17(23)7-8-20(15)29-21/h3-12H,1-2H3,(H,26,28)/b25-12+. The number of carbonyl (C=O) groups excluding carboxylic acids is 1. The molecule has 0 bridgehead atoms. The molecule has 1 amide bonds. The Bertz CT molecular complexity index is 1260. The Morgan fingerprint density at radius 1 is 1.17 bits per heavy atom. The van der Waals surface area contributed by atoms with Gasteiger partial charge >= 0.3 is 5.91 Å². The van der Waals surface area contributed by atoms with Crippen molar-refractivity contribution in [3.63, 3.8) is 0 Å². The molecule has 5 nitrogen and oxygen atoms in total. The lowest BCUT2D eigenvalue weighted by atomic mass is 10.2. The van der Waals surface area contributed by atoms with Crippen molar-refractivity contribution < 1.29 is 13.6 Å². The summed E-state index contributed by atoms with van der Waals surface area (Å²) in [5, 5.41) is 4.86. The van der Waals surface area contributed by atoms with Crippen LogP contribution in [0.25, 0.3) is 16.7 Å². The third-order valence-electron chi connectivity index (χ3n) is 4.64. The second kappa shape index (κ2) is 7.67. The summed E-state index contributed by atoms with van der Waals surface area (Å²) in [6.07, 6.45) is 1.54. The van der Waals surface area contributed by atoms with Crippen molar-refractivity contribution in [2.45, 2.75) is 13.8 Å². The fourth-order valence-electron chi connectivity index (χ4n) is 3.26. The first-order valence-electron chi connectivity index (χ1n) is 8.90. The quantitative estimate of drug-likeness (QED) is 0.327. The molecular formula is C22H17BrFN3O2. The van der Waals surface area contributed by atoms with E-state index in [9.17, 15) is 9.18 Å². The van der Waals surface area contributed by atoms with Crippen LogP contribution in [0.15, 0.2) is 68.6 Å². The summed E-state index contributed by atoms with van der Waals surface area (Å²) in [6, 6.07) is 15.6. The number of aromatic nitrogens is 1. The van der Waals surface area contributed by atoms with Gasteiger partial charge in [0.15, 0.2) is 5.76 Å². The highest BCUT2D eigenvalue weighted by Crippen LogP contribution is 2.24. The van der Waals surface area contributed by atoms with E-state index in [0.717, 1.165) is 26.8 Å². The zero-order valence-corrected chi connectivity index (χ0v) is 17.3. The Kier molecular flexibility index (Phi) is 5.07. The zero-order chi connectivity index (χ0) is 20.5. The molecule has 2 aromatic heterocycles. The smallest absolute Gasteiger partial charge is 0.307 e. The molecule has 0 fully saturated rings. The molecule has 29 heavy (non-hydrogen) atoms. The van der Waals surface area contributed by atoms with Crippen LogP contribution in [0, 0.1) is 19.7 Å². The van der Waals surface area contributed by atoms with Crippen molar-refractivity contribution in [3.05, 3.63) is 87.6 Å². The van der Waals surface area contributed by atoms with Crippen LogP contribution in [-0.2, 0) is 0 Å². The van der Waals surface area contributed by atoms with Crippen molar-refractivity contribution in [3.8, 4) is 5.69 Å². The first-order valence-corrected chi connectivity index (χ1v) is 9.69. The molecule has 0 saturated carbocycles. The average molecular weight is 454 g/mol. The highest BCUT2D eigenvalue weighted by molar-refractivity contribution is 9.10. The highest BCUT2D eigenvalue weighted by Gasteiger charge is 2.14. The number of nitrogens with one attached hydrogen (secondary N) is 1. The number of benzene rings is 2. The number of para-hydroxylation sites is 1. The molecule has 2 heterocycles. The number of carbonyl (C=O) groups is 1. The van der Waals surface area contributed by atoms with Crippen molar-refractivity contribution in [1.82, 2.24) is 9.99 Å². The Morgan fingerprint density at radius 2 is 1.97 bits per heavy atom. The largest absolute Gasteiger partial charge is 0.451 e. The first-order chi connectivity index (χ1) is 13.9. The van der Waals surface area contributed by atoms with E-state index in [1.807, 2.05) is 36.6 Å². The monoisotopic (exact) mass is 453 g/mol. The number of hydrazone groups is 1. The van der Waals surface area contributed by atoms with Gasteiger partial charge in [-0.15, -0.1) is 0 Å². The topological polar surface area (TPSA) is 59.5 Å². The maximum absolute atomic E-state index is 14.2. The van der Waals surface area contributed by atoms with E-state index in [2.05, 4.69) is 26.5 Å². The maximum Gasteiger partial charge on any atom is 0.307 e. The molecule has 0 aliphatic heterocycles. The van der Waals surface area contributed by atoms with Gasteiger partial charge in [0, 0.05) is 26.8 Å². The summed E-state index contributed by atoms with van der Waals surface area (Å²) in [5.74, 6) is -0.578. The van der Waals surface area contributed by atoms with Gasteiger partial charge in [0.05, 0.1) is 11.9 Å². The van der Waals surface area contributed by atoms with Crippen LogP contribution in [0.4, 0.5) is 4.39 Å². The molecule has 0 unspecified atom stereocenters. The molecule has 0 atom stereocenters. The van der Waals surface area contributed by atoms with Gasteiger partial charge in [0.2, 0.25) is 0 Å². The van der Waals surface area contributed by atoms with Crippen molar-refractivity contribution in [2.75, 3.05) is 0 Å². The van der Waals surface area contributed by atoms with Gasteiger partial charge in [-0.05, 0) is 56.3 Å². The molecule has 0 aliphatic carbocycles. The summed E-state index contributed by atoms with van der Waals surface area (Å²) in [7, 11) is 0. The first kappa shape index (κ1) is 19.1. The summed E-state index contributed by atoms with van der Waals surface area (Å²) in [4.78, 5) is 12.3. The van der Waals surface area contributed by atoms with Crippen LogP contribution in [0.5, 0.6) is 0 Å². The van der Waals surface area contributed by atoms with Gasteiger partial charge in [-0.25, -0.2) is 9.82 Å². The molecule has 7 heteroatoms. The second-order valence-electron chi connectivity index (χ2n) is 6.61. The molecule has 0 radical (unpaired) electrons. The lowest BCUT2D eigenvalue weighted by Crippen LogP contribution is -2.16. The van der Waals surface area contributed by atoms with Crippen LogP contribution in [0.3, 0.4) is 0 Å². The number of aryl methyl sites for hydroxylation is 1. The Labute approximate surface area is 175 Å². The number of rotatable bonds is 4. The minimum absolute atomic E-state index is 0.173. The van der Waals surface area contributed by atoms with Crippen LogP contribution in [-0.4, -0.2) is 16.7 Å². The van der Waals surface area contributed by atoms with E-state index in [1.165, 1.54) is 12.3 Å². The van der Waals surface area contributed by atoms with Crippen molar-refractivity contribution in [1.29, 1.82) is 0 Å². The molecular weight excluding hydrogens is 437 g/mol. The Hall–Kier alpha value is -3.19. The van der Waals surface area contributed by atoms with E-state index in [-0.39, 0.29) is 11.6 Å². The second-order valence-corrected chi connectivity index (χ2v) is 7.52. The van der Waals surface area contributed by atoms with E-state index >= 15 is 0 Å². The van der Waals surface area contributed by atoms with Crippen molar-refractivity contribution >= 4 is 39.0 Å². The van der Waals surface area contributed by atoms with Crippen LogP contribution in [0.1, 0.15) is 27.5 Å². The van der Waals surface area contributed by atoms with Crippen LogP contribution >= 0.6 is 15.9 Å². The summed E-state index contributed by atoms with van der Waals surface area (Å²) >= 11 is 3.39. The molecule has 2 aromatic carbocycles. The van der Waals surface area contributed by atoms with Gasteiger partial charge in [-0.1, -0.05) is 28.1 Å². The third-order valence-corrected chi connectivity index (χ3v) is 5.13. The minimum atomic E-state index is -0.448. The fraction of sp³-hybridized carbons (Fsp3) is 0.0909. The minimum Gasteiger partial charge on any atom is -0.451 e. The average Bonchev–Trinajstić information content (AvgIpc) is 3.23. The van der Waals surface area contributed by atoms with E-state index in [1.54, 1.807) is 30.3 Å². The molecule has 1 N–H and O–H groups in total.